The highest BCUT2D eigenvalue weighted by atomic mass is 28.3. The van der Waals surface area contributed by atoms with Gasteiger partial charge in [-0.2, -0.15) is 4.98 Å². The quantitative estimate of drug-likeness (QED) is 0.509. The molecule has 0 atom stereocenters. The molecule has 0 saturated carbocycles. The molecule has 0 unspecified atom stereocenters. The Labute approximate surface area is 152 Å². The van der Waals surface area contributed by atoms with Crippen LogP contribution in [0, 0.1) is 0 Å². The Morgan fingerprint density at radius 2 is 2.00 bits per heavy atom. The maximum atomic E-state index is 12.2. The summed E-state index contributed by atoms with van der Waals surface area (Å²) in [5.74, 6) is -0.247. The molecule has 0 spiro atoms. The summed E-state index contributed by atoms with van der Waals surface area (Å²) in [4.78, 5) is 20.3. The Morgan fingerprint density at radius 3 is 2.77 bits per heavy atom. The molecule has 0 amide bonds. The van der Waals surface area contributed by atoms with Gasteiger partial charge in [-0.3, -0.25) is 4.57 Å². The number of hydrogen-bond donors (Lipinski definition) is 1. The van der Waals surface area contributed by atoms with Gasteiger partial charge in [-0.1, -0.05) is 31.8 Å². The molecule has 26 heavy (non-hydrogen) atoms. The number of nitrogens with zero attached hydrogens (tertiary/aromatic N) is 4. The molecule has 0 bridgehead atoms. The Hall–Kier alpha value is -2.45. The van der Waals surface area contributed by atoms with Gasteiger partial charge in [0.05, 0.1) is 29.5 Å². The molecule has 0 saturated heterocycles. The van der Waals surface area contributed by atoms with E-state index in [0.29, 0.717) is 17.6 Å². The van der Waals surface area contributed by atoms with Crippen molar-refractivity contribution in [3.05, 3.63) is 53.0 Å². The van der Waals surface area contributed by atoms with Crippen LogP contribution in [0.1, 0.15) is 5.69 Å². The van der Waals surface area contributed by atoms with Crippen LogP contribution in [-0.4, -0.2) is 38.9 Å². The molecule has 7 nitrogen and oxygen atoms in total. The summed E-state index contributed by atoms with van der Waals surface area (Å²) in [5, 5.41) is 10.4. The zero-order chi connectivity index (χ0) is 18.7. The summed E-state index contributed by atoms with van der Waals surface area (Å²) in [6.07, 6.45) is 3.56. The Bertz CT molecular complexity index is 959. The van der Waals surface area contributed by atoms with Crippen LogP contribution in [0.2, 0.25) is 25.7 Å². The normalized spacial score (nSPS) is 12.0. The van der Waals surface area contributed by atoms with E-state index in [9.17, 15) is 9.90 Å². The summed E-state index contributed by atoms with van der Waals surface area (Å²) in [7, 11) is -1.09. The lowest BCUT2D eigenvalue weighted by molar-refractivity contribution is 0.0871. The molecule has 1 N–H and O–H groups in total. The second kappa shape index (κ2) is 7.43. The second-order valence-corrected chi connectivity index (χ2v) is 13.2. The molecule has 0 aliphatic carbocycles. The van der Waals surface area contributed by atoms with Crippen molar-refractivity contribution in [2.24, 2.45) is 0 Å². The van der Waals surface area contributed by atoms with Crippen molar-refractivity contribution in [1.29, 1.82) is 0 Å². The van der Waals surface area contributed by atoms with Crippen LogP contribution in [0.25, 0.3) is 10.9 Å². The van der Waals surface area contributed by atoms with Gasteiger partial charge < -0.3 is 14.4 Å². The molecule has 0 aliphatic rings. The van der Waals surface area contributed by atoms with Gasteiger partial charge in [0.25, 0.3) is 0 Å². The predicted octanol–water partition coefficient (Wildman–Crippen LogP) is 2.66. The second-order valence-electron chi connectivity index (χ2n) is 7.55. The highest BCUT2D eigenvalue weighted by molar-refractivity contribution is 6.76. The van der Waals surface area contributed by atoms with E-state index < -0.39 is 13.8 Å². The third kappa shape index (κ3) is 4.38. The van der Waals surface area contributed by atoms with Gasteiger partial charge >= 0.3 is 5.69 Å². The minimum Gasteiger partial charge on any atom is -0.493 e. The monoisotopic (exact) mass is 372 g/mol. The fraction of sp³-hybridized carbons (Fsp3) is 0.389. The van der Waals surface area contributed by atoms with Crippen molar-refractivity contribution < 1.29 is 9.84 Å². The predicted molar refractivity (Wildman–Crippen MR) is 103 cm³/mol. The molecular formula is C18H24N4O3Si. The number of fused-ring (bicyclic) bond motifs is 1. The minimum absolute atomic E-state index is 0.247. The van der Waals surface area contributed by atoms with E-state index in [-0.39, 0.29) is 12.4 Å². The number of para-hydroxylation sites is 1. The number of aromatic nitrogens is 4. The zero-order valence-corrected chi connectivity index (χ0v) is 16.3. The smallest absolute Gasteiger partial charge is 0.351 e. The summed E-state index contributed by atoms with van der Waals surface area (Å²) < 4.78 is 9.08. The van der Waals surface area contributed by atoms with Crippen molar-refractivity contribution in [2.75, 3.05) is 6.61 Å². The lowest BCUT2D eigenvalue weighted by Crippen LogP contribution is -2.23. The number of rotatable bonds is 7. The molecule has 8 heteroatoms. The first kappa shape index (κ1) is 18.3. The molecule has 0 radical (unpaired) electrons. The van der Waals surface area contributed by atoms with Gasteiger partial charge in [0.2, 0.25) is 5.88 Å². The molecular weight excluding hydrogens is 348 g/mol. The molecule has 3 rings (SSSR count). The lowest BCUT2D eigenvalue weighted by Gasteiger charge is -2.15. The lowest BCUT2D eigenvalue weighted by atomic mass is 10.2. The third-order valence-corrected chi connectivity index (χ3v) is 5.82. The van der Waals surface area contributed by atoms with E-state index in [4.69, 9.17) is 4.74 Å². The number of hydrogen-bond acceptors (Lipinski definition) is 5. The number of ether oxygens (including phenoxy) is 1. The van der Waals surface area contributed by atoms with Gasteiger partial charge in [0, 0.05) is 20.9 Å². The van der Waals surface area contributed by atoms with Gasteiger partial charge in [0.15, 0.2) is 0 Å². The Kier molecular flexibility index (Phi) is 5.24. The SMILES string of the molecule is C[Si](C)(C)CCOCn1cnc(Cn2c(=O)nc(O)c3ccccc32)c1. The average Bonchev–Trinajstić information content (AvgIpc) is 3.02. The van der Waals surface area contributed by atoms with E-state index >= 15 is 0 Å². The van der Waals surface area contributed by atoms with Crippen molar-refractivity contribution in [3.8, 4) is 5.88 Å². The van der Waals surface area contributed by atoms with Crippen molar-refractivity contribution >= 4 is 19.0 Å². The largest absolute Gasteiger partial charge is 0.493 e. The van der Waals surface area contributed by atoms with Gasteiger partial charge in [-0.05, 0) is 18.2 Å². The maximum absolute atomic E-state index is 12.2. The van der Waals surface area contributed by atoms with E-state index in [1.54, 1.807) is 24.5 Å². The highest BCUT2D eigenvalue weighted by Crippen LogP contribution is 2.20. The molecule has 2 aromatic heterocycles. The minimum atomic E-state index is -1.09. The maximum Gasteiger partial charge on any atom is 0.351 e. The highest BCUT2D eigenvalue weighted by Gasteiger charge is 2.13. The van der Waals surface area contributed by atoms with Crippen LogP contribution < -0.4 is 5.69 Å². The first-order chi connectivity index (χ1) is 12.3. The van der Waals surface area contributed by atoms with Crippen molar-refractivity contribution in [2.45, 2.75) is 39.0 Å². The van der Waals surface area contributed by atoms with E-state index in [2.05, 4.69) is 29.6 Å². The standard InChI is InChI=1S/C18H24N4O3Si/c1-26(2,3)9-8-25-13-21-10-14(19-12-21)11-22-16-7-5-4-6-15(16)17(23)20-18(22)24/h4-7,10,12H,8-9,11,13H2,1-3H3,(H,20,23,24). The zero-order valence-electron chi connectivity index (χ0n) is 15.3. The van der Waals surface area contributed by atoms with Gasteiger partial charge in [-0.25, -0.2) is 9.78 Å². The van der Waals surface area contributed by atoms with Gasteiger partial charge in [0.1, 0.15) is 6.73 Å². The molecule has 2 heterocycles. The fourth-order valence-corrected chi connectivity index (χ4v) is 3.39. The summed E-state index contributed by atoms with van der Waals surface area (Å²) in [6.45, 7) is 8.43. The van der Waals surface area contributed by atoms with Crippen molar-refractivity contribution in [3.63, 3.8) is 0 Å². The summed E-state index contributed by atoms with van der Waals surface area (Å²) >= 11 is 0. The molecule has 0 fully saturated rings. The molecule has 138 valence electrons. The topological polar surface area (TPSA) is 82.2 Å². The Balaban J connectivity index is 1.72. The first-order valence-electron chi connectivity index (χ1n) is 8.60. The van der Waals surface area contributed by atoms with E-state index in [1.165, 1.54) is 4.57 Å². The van der Waals surface area contributed by atoms with E-state index in [0.717, 1.165) is 18.3 Å². The Morgan fingerprint density at radius 1 is 1.23 bits per heavy atom. The summed E-state index contributed by atoms with van der Waals surface area (Å²) in [5.41, 5.74) is 0.867. The van der Waals surface area contributed by atoms with Crippen molar-refractivity contribution in [1.82, 2.24) is 19.1 Å². The van der Waals surface area contributed by atoms with Crippen LogP contribution in [0.15, 0.2) is 41.6 Å². The third-order valence-electron chi connectivity index (χ3n) is 4.11. The van der Waals surface area contributed by atoms with E-state index in [1.807, 2.05) is 16.8 Å². The number of benzene rings is 1. The fourth-order valence-electron chi connectivity index (χ4n) is 2.63. The van der Waals surface area contributed by atoms with Crippen LogP contribution in [0.4, 0.5) is 0 Å². The van der Waals surface area contributed by atoms with Crippen LogP contribution in [0.5, 0.6) is 5.88 Å². The van der Waals surface area contributed by atoms with Crippen LogP contribution >= 0.6 is 0 Å². The number of imidazole rings is 1. The summed E-state index contributed by atoms with van der Waals surface area (Å²) in [6, 6.07) is 8.26. The molecule has 0 aliphatic heterocycles. The van der Waals surface area contributed by atoms with Gasteiger partial charge in [-0.15, -0.1) is 0 Å². The van der Waals surface area contributed by atoms with Crippen LogP contribution in [0.3, 0.4) is 0 Å². The number of aromatic hydroxyl groups is 1. The first-order valence-corrected chi connectivity index (χ1v) is 12.3. The average molecular weight is 373 g/mol. The molecule has 3 aromatic rings. The van der Waals surface area contributed by atoms with Crippen LogP contribution in [-0.2, 0) is 18.0 Å². The molecule has 1 aromatic carbocycles.